The van der Waals surface area contributed by atoms with Crippen LogP contribution in [0.4, 0.5) is 11.4 Å². The largest absolute Gasteiger partial charge is 0.397 e. The van der Waals surface area contributed by atoms with Crippen molar-refractivity contribution in [1.82, 2.24) is 4.31 Å². The summed E-state index contributed by atoms with van der Waals surface area (Å²) < 4.78 is 24.8. The Balaban J connectivity index is 3.27. The van der Waals surface area contributed by atoms with Crippen LogP contribution < -0.4 is 10.6 Å². The van der Waals surface area contributed by atoms with Gasteiger partial charge in [0, 0.05) is 28.2 Å². The van der Waals surface area contributed by atoms with E-state index in [-0.39, 0.29) is 4.90 Å². The number of sulfonamides is 1. The molecule has 0 amide bonds. The van der Waals surface area contributed by atoms with Gasteiger partial charge < -0.3 is 10.6 Å². The standard InChI is InChI=1S/C10H17N3O2S/c1-12(2)10-6-5-8(7-9(10)11)16(14,15)13(3)4/h5-7H,11H2,1-4H3. The van der Waals surface area contributed by atoms with E-state index in [0.29, 0.717) is 5.69 Å². The summed E-state index contributed by atoms with van der Waals surface area (Å²) in [5.74, 6) is 0. The fraction of sp³-hybridized carbons (Fsp3) is 0.400. The summed E-state index contributed by atoms with van der Waals surface area (Å²) in [7, 11) is 3.28. The van der Waals surface area contributed by atoms with Gasteiger partial charge >= 0.3 is 0 Å². The van der Waals surface area contributed by atoms with Gasteiger partial charge in [0.2, 0.25) is 10.0 Å². The highest BCUT2D eigenvalue weighted by atomic mass is 32.2. The highest BCUT2D eigenvalue weighted by Gasteiger charge is 2.18. The molecule has 0 aromatic heterocycles. The van der Waals surface area contributed by atoms with Crippen LogP contribution in [0.15, 0.2) is 23.1 Å². The number of hydrogen-bond donors (Lipinski definition) is 1. The van der Waals surface area contributed by atoms with Gasteiger partial charge in [-0.2, -0.15) is 0 Å². The van der Waals surface area contributed by atoms with E-state index in [1.165, 1.54) is 20.2 Å². The van der Waals surface area contributed by atoms with Gasteiger partial charge in [0.15, 0.2) is 0 Å². The minimum absolute atomic E-state index is 0.209. The number of hydrogen-bond acceptors (Lipinski definition) is 4. The molecule has 0 heterocycles. The fourth-order valence-electron chi connectivity index (χ4n) is 1.31. The number of anilines is 2. The number of nitrogen functional groups attached to an aromatic ring is 1. The molecule has 0 fully saturated rings. The Bertz CT molecular complexity index is 481. The van der Waals surface area contributed by atoms with Crippen molar-refractivity contribution in [3.05, 3.63) is 18.2 Å². The quantitative estimate of drug-likeness (QED) is 0.789. The summed E-state index contributed by atoms with van der Waals surface area (Å²) in [4.78, 5) is 2.04. The Morgan fingerprint density at radius 3 is 2.06 bits per heavy atom. The average Bonchev–Trinajstić information content (AvgIpc) is 2.16. The molecule has 0 atom stereocenters. The van der Waals surface area contributed by atoms with Crippen LogP contribution in [-0.2, 0) is 10.0 Å². The van der Waals surface area contributed by atoms with Gasteiger partial charge in [-0.05, 0) is 18.2 Å². The van der Waals surface area contributed by atoms with Gasteiger partial charge in [-0.3, -0.25) is 0 Å². The van der Waals surface area contributed by atoms with Gasteiger partial charge in [-0.15, -0.1) is 0 Å². The van der Waals surface area contributed by atoms with Crippen molar-refractivity contribution in [2.75, 3.05) is 38.8 Å². The summed E-state index contributed by atoms with van der Waals surface area (Å²) >= 11 is 0. The molecule has 1 rings (SSSR count). The van der Waals surface area contributed by atoms with Crippen molar-refractivity contribution in [2.24, 2.45) is 0 Å². The Hall–Kier alpha value is -1.27. The third-order valence-corrected chi connectivity index (χ3v) is 4.07. The zero-order chi connectivity index (χ0) is 12.5. The summed E-state index contributed by atoms with van der Waals surface area (Å²) in [5.41, 5.74) is 7.05. The molecule has 2 N–H and O–H groups in total. The number of rotatable bonds is 3. The molecule has 0 aliphatic rings. The van der Waals surface area contributed by atoms with Gasteiger partial charge in [0.25, 0.3) is 0 Å². The average molecular weight is 243 g/mol. The topological polar surface area (TPSA) is 66.6 Å². The van der Waals surface area contributed by atoms with Gasteiger partial charge in [0.1, 0.15) is 0 Å². The first kappa shape index (κ1) is 12.8. The van der Waals surface area contributed by atoms with Crippen LogP contribution in [0.5, 0.6) is 0 Å². The van der Waals surface area contributed by atoms with Gasteiger partial charge in [-0.25, -0.2) is 12.7 Å². The second kappa shape index (κ2) is 4.31. The van der Waals surface area contributed by atoms with Crippen molar-refractivity contribution in [1.29, 1.82) is 0 Å². The first-order valence-electron chi connectivity index (χ1n) is 4.76. The molecule has 6 heteroatoms. The van der Waals surface area contributed by atoms with E-state index in [0.717, 1.165) is 9.99 Å². The first-order valence-corrected chi connectivity index (χ1v) is 6.20. The Morgan fingerprint density at radius 2 is 1.69 bits per heavy atom. The SMILES string of the molecule is CN(C)c1ccc(S(=O)(=O)N(C)C)cc1N. The minimum atomic E-state index is -3.41. The smallest absolute Gasteiger partial charge is 0.242 e. The van der Waals surface area contributed by atoms with Crippen molar-refractivity contribution in [3.8, 4) is 0 Å². The van der Waals surface area contributed by atoms with Crippen LogP contribution in [0.2, 0.25) is 0 Å². The molecule has 90 valence electrons. The molecule has 16 heavy (non-hydrogen) atoms. The maximum Gasteiger partial charge on any atom is 0.242 e. The Labute approximate surface area is 96.5 Å². The molecule has 0 bridgehead atoms. The zero-order valence-electron chi connectivity index (χ0n) is 9.93. The Kier molecular flexibility index (Phi) is 3.44. The van der Waals surface area contributed by atoms with Crippen LogP contribution in [0.3, 0.4) is 0 Å². The van der Waals surface area contributed by atoms with Crippen molar-refractivity contribution in [2.45, 2.75) is 4.90 Å². The van der Waals surface area contributed by atoms with Crippen molar-refractivity contribution in [3.63, 3.8) is 0 Å². The van der Waals surface area contributed by atoms with Gasteiger partial charge in [-0.1, -0.05) is 0 Å². The predicted molar refractivity (Wildman–Crippen MR) is 66.1 cm³/mol. The van der Waals surface area contributed by atoms with Crippen LogP contribution in [-0.4, -0.2) is 40.9 Å². The monoisotopic (exact) mass is 243 g/mol. The van der Waals surface area contributed by atoms with E-state index in [9.17, 15) is 8.42 Å². The number of benzene rings is 1. The minimum Gasteiger partial charge on any atom is -0.397 e. The molecule has 5 nitrogen and oxygen atoms in total. The maximum atomic E-state index is 11.8. The first-order chi connectivity index (χ1) is 7.26. The zero-order valence-corrected chi connectivity index (χ0v) is 10.7. The molecular weight excluding hydrogens is 226 g/mol. The maximum absolute atomic E-state index is 11.8. The van der Waals surface area contributed by atoms with Crippen molar-refractivity contribution >= 4 is 21.4 Å². The lowest BCUT2D eigenvalue weighted by atomic mass is 10.2. The normalized spacial score (nSPS) is 11.8. The lowest BCUT2D eigenvalue weighted by molar-refractivity contribution is 0.521. The van der Waals surface area contributed by atoms with E-state index >= 15 is 0 Å². The van der Waals surface area contributed by atoms with E-state index in [2.05, 4.69) is 0 Å². The third kappa shape index (κ3) is 2.28. The summed E-state index contributed by atoms with van der Waals surface area (Å²) in [6.07, 6.45) is 0. The van der Waals surface area contributed by atoms with Gasteiger partial charge in [0.05, 0.1) is 16.3 Å². The second-order valence-corrected chi connectivity index (χ2v) is 6.05. The predicted octanol–water partition coefficient (Wildman–Crippen LogP) is 0.585. The molecular formula is C10H17N3O2S. The highest BCUT2D eigenvalue weighted by molar-refractivity contribution is 7.89. The highest BCUT2D eigenvalue weighted by Crippen LogP contribution is 2.25. The lowest BCUT2D eigenvalue weighted by Gasteiger charge is -2.17. The molecule has 0 aliphatic carbocycles. The molecule has 0 saturated carbocycles. The molecule has 0 saturated heterocycles. The summed E-state index contributed by atoms with van der Waals surface area (Å²) in [5, 5.41) is 0. The van der Waals surface area contributed by atoms with Crippen LogP contribution in [0, 0.1) is 0 Å². The summed E-state index contributed by atoms with van der Waals surface area (Å²) in [6.45, 7) is 0. The summed E-state index contributed by atoms with van der Waals surface area (Å²) in [6, 6.07) is 4.73. The van der Waals surface area contributed by atoms with Crippen LogP contribution in [0.1, 0.15) is 0 Å². The number of nitrogens with two attached hydrogens (primary N) is 1. The van der Waals surface area contributed by atoms with E-state index in [1.807, 2.05) is 19.0 Å². The van der Waals surface area contributed by atoms with E-state index in [4.69, 9.17) is 5.73 Å². The Morgan fingerprint density at radius 1 is 1.12 bits per heavy atom. The molecule has 0 spiro atoms. The fourth-order valence-corrected chi connectivity index (χ4v) is 2.25. The number of nitrogens with zero attached hydrogens (tertiary/aromatic N) is 2. The third-order valence-electron chi connectivity index (χ3n) is 2.26. The van der Waals surface area contributed by atoms with Crippen LogP contribution >= 0.6 is 0 Å². The van der Waals surface area contributed by atoms with E-state index < -0.39 is 10.0 Å². The van der Waals surface area contributed by atoms with E-state index in [1.54, 1.807) is 12.1 Å². The molecule has 1 aromatic carbocycles. The van der Waals surface area contributed by atoms with Crippen molar-refractivity contribution < 1.29 is 8.42 Å². The molecule has 0 aliphatic heterocycles. The molecule has 1 aromatic rings. The molecule has 0 unspecified atom stereocenters. The second-order valence-electron chi connectivity index (χ2n) is 3.90. The molecule has 0 radical (unpaired) electrons. The lowest BCUT2D eigenvalue weighted by Crippen LogP contribution is -2.22. The van der Waals surface area contributed by atoms with Crippen LogP contribution in [0.25, 0.3) is 0 Å².